The second kappa shape index (κ2) is 3.92. The van der Waals surface area contributed by atoms with E-state index < -0.39 is 0 Å². The van der Waals surface area contributed by atoms with Crippen molar-refractivity contribution < 1.29 is 9.59 Å². The molecule has 3 heteroatoms. The third kappa shape index (κ3) is 1.64. The van der Waals surface area contributed by atoms with Crippen LogP contribution in [0.25, 0.3) is 0 Å². The number of hydrogen-bond donors (Lipinski definition) is 0. The summed E-state index contributed by atoms with van der Waals surface area (Å²) < 4.78 is 0. The van der Waals surface area contributed by atoms with Gasteiger partial charge in [-0.1, -0.05) is 18.2 Å². The van der Waals surface area contributed by atoms with Crippen LogP contribution in [0.4, 0.5) is 0 Å². The maximum absolute atomic E-state index is 12.4. The fourth-order valence-electron chi connectivity index (χ4n) is 3.55. The van der Waals surface area contributed by atoms with Gasteiger partial charge in [-0.25, -0.2) is 0 Å². The smallest absolute Gasteiger partial charge is 0.226 e. The van der Waals surface area contributed by atoms with Crippen molar-refractivity contribution in [3.05, 3.63) is 34.9 Å². The summed E-state index contributed by atoms with van der Waals surface area (Å²) in [5, 5.41) is 0. The number of ketones is 1. The Bertz CT molecular complexity index is 574. The molecule has 0 spiro atoms. The van der Waals surface area contributed by atoms with Crippen molar-refractivity contribution in [2.24, 2.45) is 5.92 Å². The maximum Gasteiger partial charge on any atom is 0.226 e. The number of carbonyl (C=O) groups is 2. The molecule has 1 aromatic rings. The molecule has 1 aliphatic heterocycles. The lowest BCUT2D eigenvalue weighted by molar-refractivity contribution is -0.135. The van der Waals surface area contributed by atoms with E-state index >= 15 is 0 Å². The molecule has 3 aliphatic rings. The van der Waals surface area contributed by atoms with Crippen molar-refractivity contribution >= 4 is 11.7 Å². The van der Waals surface area contributed by atoms with Crippen molar-refractivity contribution in [3.8, 4) is 0 Å². The molecule has 1 amide bonds. The van der Waals surface area contributed by atoms with Crippen LogP contribution in [0.3, 0.4) is 0 Å². The standard InChI is InChI=1S/C16H17NO2/c18-14-7-6-13-15-10(2-1-3-12(14)15)8-9-17(13)16(19)11-4-5-11/h1-3,11,13H,4-9H2. The Hall–Kier alpha value is -1.64. The quantitative estimate of drug-likeness (QED) is 0.773. The molecule has 1 aromatic carbocycles. The molecule has 2 aliphatic carbocycles. The molecule has 1 saturated carbocycles. The minimum Gasteiger partial charge on any atom is -0.335 e. The third-order valence-corrected chi connectivity index (χ3v) is 4.68. The summed E-state index contributed by atoms with van der Waals surface area (Å²) >= 11 is 0. The van der Waals surface area contributed by atoms with Gasteiger partial charge >= 0.3 is 0 Å². The highest BCUT2D eigenvalue weighted by molar-refractivity contribution is 5.99. The van der Waals surface area contributed by atoms with Gasteiger partial charge in [0.1, 0.15) is 0 Å². The van der Waals surface area contributed by atoms with Crippen LogP contribution < -0.4 is 0 Å². The van der Waals surface area contributed by atoms with E-state index in [1.807, 2.05) is 12.1 Å². The summed E-state index contributed by atoms with van der Waals surface area (Å²) in [5.74, 6) is 0.833. The molecule has 0 aromatic heterocycles. The number of carbonyl (C=O) groups excluding carboxylic acids is 2. The summed E-state index contributed by atoms with van der Waals surface area (Å²) in [6.45, 7) is 0.824. The molecule has 0 N–H and O–H groups in total. The molecule has 4 rings (SSSR count). The molecule has 98 valence electrons. The van der Waals surface area contributed by atoms with E-state index in [9.17, 15) is 9.59 Å². The van der Waals surface area contributed by atoms with Gasteiger partial charge in [-0.05, 0) is 36.8 Å². The Morgan fingerprint density at radius 3 is 2.79 bits per heavy atom. The van der Waals surface area contributed by atoms with Gasteiger partial charge in [0.15, 0.2) is 5.78 Å². The zero-order chi connectivity index (χ0) is 13.0. The Morgan fingerprint density at radius 1 is 1.16 bits per heavy atom. The molecule has 1 unspecified atom stereocenters. The fraction of sp³-hybridized carbons (Fsp3) is 0.500. The lowest BCUT2D eigenvalue weighted by atomic mass is 9.79. The Kier molecular flexibility index (Phi) is 2.32. The predicted octanol–water partition coefficient (Wildman–Crippen LogP) is 2.50. The highest BCUT2D eigenvalue weighted by Gasteiger charge is 2.41. The third-order valence-electron chi connectivity index (χ3n) is 4.68. The Labute approximate surface area is 112 Å². The Balaban J connectivity index is 1.78. The van der Waals surface area contributed by atoms with Gasteiger partial charge in [-0.3, -0.25) is 9.59 Å². The summed E-state index contributed by atoms with van der Waals surface area (Å²) in [6, 6.07) is 6.18. The second-order valence-corrected chi connectivity index (χ2v) is 5.91. The van der Waals surface area contributed by atoms with E-state index in [1.165, 1.54) is 5.56 Å². The molecule has 19 heavy (non-hydrogen) atoms. The van der Waals surface area contributed by atoms with Crippen molar-refractivity contribution in [2.45, 2.75) is 38.1 Å². The van der Waals surface area contributed by atoms with Gasteiger partial charge in [-0.2, -0.15) is 0 Å². The average Bonchev–Trinajstić information content (AvgIpc) is 3.26. The summed E-state index contributed by atoms with van der Waals surface area (Å²) in [4.78, 5) is 26.5. The number of benzene rings is 1. The lowest BCUT2D eigenvalue weighted by Gasteiger charge is -2.40. The first-order valence-corrected chi connectivity index (χ1v) is 7.21. The normalized spacial score (nSPS) is 25.2. The molecule has 0 bridgehead atoms. The number of rotatable bonds is 1. The molecule has 1 fully saturated rings. The second-order valence-electron chi connectivity index (χ2n) is 5.91. The minimum absolute atomic E-state index is 0.158. The molecule has 1 heterocycles. The van der Waals surface area contributed by atoms with Crippen LogP contribution in [0.5, 0.6) is 0 Å². The topological polar surface area (TPSA) is 37.4 Å². The van der Waals surface area contributed by atoms with Crippen LogP contribution in [-0.2, 0) is 11.2 Å². The predicted molar refractivity (Wildman–Crippen MR) is 70.9 cm³/mol. The number of amides is 1. The van der Waals surface area contributed by atoms with E-state index in [0.29, 0.717) is 12.3 Å². The largest absolute Gasteiger partial charge is 0.335 e. The van der Waals surface area contributed by atoms with Gasteiger partial charge in [0.25, 0.3) is 0 Å². The lowest BCUT2D eigenvalue weighted by Crippen LogP contribution is -2.43. The number of Topliss-reactive ketones (excluding diaryl/α,β-unsaturated/α-hetero) is 1. The van der Waals surface area contributed by atoms with Gasteiger partial charge in [-0.15, -0.1) is 0 Å². The zero-order valence-corrected chi connectivity index (χ0v) is 10.9. The molecule has 0 saturated heterocycles. The molecular weight excluding hydrogens is 238 g/mol. The minimum atomic E-state index is 0.158. The average molecular weight is 255 g/mol. The summed E-state index contributed by atoms with van der Waals surface area (Å²) in [6.07, 6.45) is 4.38. The van der Waals surface area contributed by atoms with Gasteiger partial charge in [0.05, 0.1) is 6.04 Å². The van der Waals surface area contributed by atoms with Crippen LogP contribution in [0.1, 0.15) is 53.2 Å². The first-order chi connectivity index (χ1) is 9.25. The van der Waals surface area contributed by atoms with Crippen LogP contribution in [0, 0.1) is 5.92 Å². The van der Waals surface area contributed by atoms with Crippen molar-refractivity contribution in [1.29, 1.82) is 0 Å². The van der Waals surface area contributed by atoms with Crippen LogP contribution in [0.15, 0.2) is 18.2 Å². The summed E-state index contributed by atoms with van der Waals surface area (Å²) in [5.41, 5.74) is 3.29. The number of hydrogen-bond acceptors (Lipinski definition) is 2. The monoisotopic (exact) mass is 255 g/mol. The van der Waals surface area contributed by atoms with Crippen LogP contribution in [0.2, 0.25) is 0 Å². The zero-order valence-electron chi connectivity index (χ0n) is 10.9. The molecule has 3 nitrogen and oxygen atoms in total. The van der Waals surface area contributed by atoms with Crippen molar-refractivity contribution in [1.82, 2.24) is 4.90 Å². The first kappa shape index (κ1) is 11.2. The van der Waals surface area contributed by atoms with Crippen LogP contribution in [-0.4, -0.2) is 23.1 Å². The van der Waals surface area contributed by atoms with E-state index in [0.717, 1.165) is 43.4 Å². The highest BCUT2D eigenvalue weighted by Crippen LogP contribution is 2.42. The van der Waals surface area contributed by atoms with E-state index in [2.05, 4.69) is 11.0 Å². The van der Waals surface area contributed by atoms with Crippen LogP contribution >= 0.6 is 0 Å². The number of nitrogens with zero attached hydrogens (tertiary/aromatic N) is 1. The summed E-state index contributed by atoms with van der Waals surface area (Å²) in [7, 11) is 0. The maximum atomic E-state index is 12.4. The van der Waals surface area contributed by atoms with E-state index in [1.54, 1.807) is 0 Å². The molecular formula is C16H17NO2. The molecule has 1 atom stereocenters. The van der Waals surface area contributed by atoms with E-state index in [-0.39, 0.29) is 17.7 Å². The Morgan fingerprint density at radius 2 is 2.00 bits per heavy atom. The fourth-order valence-corrected chi connectivity index (χ4v) is 3.55. The van der Waals surface area contributed by atoms with Gasteiger partial charge in [0.2, 0.25) is 5.91 Å². The van der Waals surface area contributed by atoms with Crippen molar-refractivity contribution in [2.75, 3.05) is 6.54 Å². The van der Waals surface area contributed by atoms with E-state index in [4.69, 9.17) is 0 Å². The highest BCUT2D eigenvalue weighted by atomic mass is 16.2. The van der Waals surface area contributed by atoms with Gasteiger partial charge < -0.3 is 4.90 Å². The van der Waals surface area contributed by atoms with Gasteiger partial charge in [0, 0.05) is 24.4 Å². The van der Waals surface area contributed by atoms with Crippen molar-refractivity contribution in [3.63, 3.8) is 0 Å². The molecule has 0 radical (unpaired) electrons. The SMILES string of the molecule is O=C1CCC2c3c(cccc31)CCN2C(=O)C1CC1. The first-order valence-electron chi connectivity index (χ1n) is 7.21.